The first kappa shape index (κ1) is 26.5. The third-order valence-corrected chi connectivity index (χ3v) is 5.97. The van der Waals surface area contributed by atoms with Crippen LogP contribution in [0.25, 0.3) is 6.08 Å². The van der Waals surface area contributed by atoms with E-state index in [0.717, 1.165) is 49.1 Å². The van der Waals surface area contributed by atoms with Crippen LogP contribution in [0.5, 0.6) is 11.5 Å². The Hall–Kier alpha value is -3.07. The van der Waals surface area contributed by atoms with Crippen LogP contribution in [-0.4, -0.2) is 61.7 Å². The fourth-order valence-corrected chi connectivity index (χ4v) is 4.29. The zero-order valence-corrected chi connectivity index (χ0v) is 19.8. The summed E-state index contributed by atoms with van der Waals surface area (Å²) in [6.45, 7) is -2.78. The van der Waals surface area contributed by atoms with Gasteiger partial charge in [0.1, 0.15) is 0 Å². The van der Waals surface area contributed by atoms with Crippen molar-refractivity contribution in [1.82, 2.24) is 9.80 Å². The molecule has 1 unspecified atom stereocenters. The van der Waals surface area contributed by atoms with Gasteiger partial charge < -0.3 is 19.3 Å². The van der Waals surface area contributed by atoms with E-state index < -0.39 is 30.6 Å². The summed E-state index contributed by atoms with van der Waals surface area (Å²) in [7, 11) is 2.06. The highest BCUT2D eigenvalue weighted by Gasteiger charge is 2.25. The van der Waals surface area contributed by atoms with Crippen LogP contribution in [0.2, 0.25) is 0 Å². The molecule has 2 aromatic rings. The molecule has 0 radical (unpaired) electrons. The average Bonchev–Trinajstić information content (AvgIpc) is 3.22. The second kappa shape index (κ2) is 12.6. The smallest absolute Gasteiger partial charge is 0.387 e. The number of nitrogens with zero attached hydrogens (tertiary/aromatic N) is 2. The van der Waals surface area contributed by atoms with Crippen molar-refractivity contribution in [2.75, 3.05) is 26.7 Å². The van der Waals surface area contributed by atoms with Gasteiger partial charge in [-0.05, 0) is 63.5 Å². The predicted molar refractivity (Wildman–Crippen MR) is 126 cm³/mol. The Labute approximate surface area is 202 Å². The van der Waals surface area contributed by atoms with E-state index in [1.165, 1.54) is 6.07 Å². The van der Waals surface area contributed by atoms with Crippen molar-refractivity contribution in [2.24, 2.45) is 0 Å². The van der Waals surface area contributed by atoms with Crippen LogP contribution >= 0.6 is 0 Å². The van der Waals surface area contributed by atoms with Gasteiger partial charge in [0.2, 0.25) is 0 Å². The fourth-order valence-electron chi connectivity index (χ4n) is 4.29. The number of benzene rings is 2. The lowest BCUT2D eigenvalue weighted by Gasteiger charge is -2.27. The Morgan fingerprint density at radius 1 is 1.09 bits per heavy atom. The van der Waals surface area contributed by atoms with E-state index in [-0.39, 0.29) is 5.56 Å². The molecule has 1 aliphatic rings. The van der Waals surface area contributed by atoms with Crippen LogP contribution in [0.4, 0.5) is 17.6 Å². The molecule has 3 rings (SSSR count). The van der Waals surface area contributed by atoms with Gasteiger partial charge in [-0.15, -0.1) is 0 Å². The normalized spacial score (nSPS) is 16.7. The molecule has 0 spiro atoms. The van der Waals surface area contributed by atoms with Crippen LogP contribution in [-0.2, 0) is 0 Å². The quantitative estimate of drug-likeness (QED) is 0.364. The van der Waals surface area contributed by atoms with Gasteiger partial charge >= 0.3 is 13.2 Å². The van der Waals surface area contributed by atoms with Crippen LogP contribution in [0.15, 0.2) is 54.1 Å². The van der Waals surface area contributed by atoms with Gasteiger partial charge in [0.05, 0.1) is 0 Å². The molecule has 9 heteroatoms. The molecule has 190 valence electrons. The molecule has 1 saturated heterocycles. The highest BCUT2D eigenvalue weighted by atomic mass is 19.3. The third kappa shape index (κ3) is 7.99. The second-order valence-corrected chi connectivity index (χ2v) is 8.61. The summed E-state index contributed by atoms with van der Waals surface area (Å²) in [5.74, 6) is -1.58. The van der Waals surface area contributed by atoms with E-state index in [0.29, 0.717) is 19.1 Å². The standard InChI is InChI=1S/C26H30F4N2O3/c1-18(15-19-7-4-3-5-8-19)17-32(14-12-21-9-6-13-31(21)2)24(33)20-10-11-22(34-25(27)28)23(16-20)35-26(29)30/h3-5,7-8,10-11,15-16,21,25-26H,6,9,12-14,17H2,1-2H3. The molecule has 1 fully saturated rings. The Morgan fingerprint density at radius 3 is 2.40 bits per heavy atom. The maximum atomic E-state index is 13.4. The molecule has 1 heterocycles. The second-order valence-electron chi connectivity index (χ2n) is 8.61. The fraction of sp³-hybridized carbons (Fsp3) is 0.423. The van der Waals surface area contributed by atoms with Crippen molar-refractivity contribution in [3.8, 4) is 11.5 Å². The first-order valence-corrected chi connectivity index (χ1v) is 11.5. The number of likely N-dealkylation sites (tertiary alicyclic amines) is 1. The Bertz CT molecular complexity index is 1000. The molecule has 35 heavy (non-hydrogen) atoms. The van der Waals surface area contributed by atoms with Crippen molar-refractivity contribution in [3.05, 3.63) is 65.2 Å². The number of ether oxygens (including phenoxy) is 2. The van der Waals surface area contributed by atoms with Gasteiger partial charge in [0, 0.05) is 24.7 Å². The first-order valence-electron chi connectivity index (χ1n) is 11.5. The summed E-state index contributed by atoms with van der Waals surface area (Å²) >= 11 is 0. The number of amides is 1. The van der Waals surface area contributed by atoms with E-state index in [2.05, 4.69) is 21.4 Å². The summed E-state index contributed by atoms with van der Waals surface area (Å²) < 4.78 is 59.7. The summed E-state index contributed by atoms with van der Waals surface area (Å²) in [6.07, 6.45) is 4.88. The Morgan fingerprint density at radius 2 is 1.77 bits per heavy atom. The monoisotopic (exact) mass is 494 g/mol. The van der Waals surface area contributed by atoms with Gasteiger partial charge in [-0.1, -0.05) is 42.0 Å². The lowest BCUT2D eigenvalue weighted by molar-refractivity contribution is -0.0692. The molecule has 0 bridgehead atoms. The number of halogens is 4. The topological polar surface area (TPSA) is 42.0 Å². The van der Waals surface area contributed by atoms with Crippen molar-refractivity contribution in [1.29, 1.82) is 0 Å². The highest BCUT2D eigenvalue weighted by Crippen LogP contribution is 2.32. The average molecular weight is 495 g/mol. The minimum atomic E-state index is -3.26. The van der Waals surface area contributed by atoms with Crippen molar-refractivity contribution < 1.29 is 31.8 Å². The van der Waals surface area contributed by atoms with Gasteiger partial charge in [0.25, 0.3) is 5.91 Å². The van der Waals surface area contributed by atoms with Crippen molar-refractivity contribution in [3.63, 3.8) is 0 Å². The molecule has 5 nitrogen and oxygen atoms in total. The number of hydrogen-bond acceptors (Lipinski definition) is 4. The van der Waals surface area contributed by atoms with E-state index in [9.17, 15) is 22.4 Å². The molecule has 0 saturated carbocycles. The Kier molecular flexibility index (Phi) is 9.54. The minimum absolute atomic E-state index is 0.0505. The van der Waals surface area contributed by atoms with Crippen LogP contribution < -0.4 is 9.47 Å². The highest BCUT2D eigenvalue weighted by molar-refractivity contribution is 5.95. The SMILES string of the molecule is CC(=Cc1ccccc1)CN(CCC1CCCN1C)C(=O)c1ccc(OC(F)F)c(OC(F)F)c1. The maximum absolute atomic E-state index is 13.4. The predicted octanol–water partition coefficient (Wildman–Crippen LogP) is 5.92. The van der Waals surface area contributed by atoms with Crippen LogP contribution in [0.1, 0.15) is 42.1 Å². The third-order valence-electron chi connectivity index (χ3n) is 5.97. The van der Waals surface area contributed by atoms with Gasteiger partial charge in [-0.2, -0.15) is 17.6 Å². The molecule has 0 aliphatic carbocycles. The van der Waals surface area contributed by atoms with E-state index in [1.807, 2.05) is 43.3 Å². The molecule has 0 aromatic heterocycles. The summed E-state index contributed by atoms with van der Waals surface area (Å²) in [4.78, 5) is 17.4. The summed E-state index contributed by atoms with van der Waals surface area (Å²) in [5.41, 5.74) is 1.98. The molecular weight excluding hydrogens is 464 g/mol. The Balaban J connectivity index is 1.84. The maximum Gasteiger partial charge on any atom is 0.387 e. The van der Waals surface area contributed by atoms with Crippen LogP contribution in [0, 0.1) is 0 Å². The van der Waals surface area contributed by atoms with Crippen molar-refractivity contribution >= 4 is 12.0 Å². The zero-order chi connectivity index (χ0) is 25.4. The van der Waals surface area contributed by atoms with Crippen molar-refractivity contribution in [2.45, 2.75) is 45.5 Å². The summed E-state index contributed by atoms with van der Waals surface area (Å²) in [6, 6.07) is 13.4. The lowest BCUT2D eigenvalue weighted by atomic mass is 10.1. The van der Waals surface area contributed by atoms with E-state index in [1.54, 1.807) is 4.90 Å². The number of hydrogen-bond donors (Lipinski definition) is 0. The largest absolute Gasteiger partial charge is 0.431 e. The van der Waals surface area contributed by atoms with E-state index >= 15 is 0 Å². The molecular formula is C26H30F4N2O3. The number of rotatable bonds is 11. The lowest BCUT2D eigenvalue weighted by Crippen LogP contribution is -2.37. The molecule has 1 atom stereocenters. The number of alkyl halides is 4. The van der Waals surface area contributed by atoms with E-state index in [4.69, 9.17) is 0 Å². The molecule has 1 aliphatic heterocycles. The minimum Gasteiger partial charge on any atom is -0.431 e. The summed E-state index contributed by atoms with van der Waals surface area (Å²) in [5, 5.41) is 0. The first-order chi connectivity index (χ1) is 16.7. The van der Waals surface area contributed by atoms with Crippen LogP contribution in [0.3, 0.4) is 0 Å². The molecule has 1 amide bonds. The zero-order valence-electron chi connectivity index (χ0n) is 19.8. The molecule has 2 aromatic carbocycles. The van der Waals surface area contributed by atoms with Gasteiger partial charge in [0.15, 0.2) is 11.5 Å². The number of carbonyl (C=O) groups excluding carboxylic acids is 1. The van der Waals surface area contributed by atoms with Gasteiger partial charge in [-0.3, -0.25) is 4.79 Å². The van der Waals surface area contributed by atoms with Gasteiger partial charge in [-0.25, -0.2) is 0 Å². The number of carbonyl (C=O) groups is 1. The molecule has 0 N–H and O–H groups in total.